The van der Waals surface area contributed by atoms with Crippen LogP contribution in [0, 0.1) is 0 Å². The van der Waals surface area contributed by atoms with Gasteiger partial charge >= 0.3 is 0 Å². The van der Waals surface area contributed by atoms with Crippen molar-refractivity contribution in [2.75, 3.05) is 20.1 Å². The Labute approximate surface area is 119 Å². The number of likely N-dealkylation sites (N-methyl/N-ethyl adjacent to an activating group) is 1. The maximum atomic E-state index is 12.0. The van der Waals surface area contributed by atoms with Crippen LogP contribution in [0.3, 0.4) is 0 Å². The van der Waals surface area contributed by atoms with E-state index in [1.165, 1.54) is 19.3 Å². The largest absolute Gasteiger partial charge is 0.350 e. The lowest BCUT2D eigenvalue weighted by molar-refractivity contribution is 0.0928. The van der Waals surface area contributed by atoms with Gasteiger partial charge in [0, 0.05) is 24.0 Å². The summed E-state index contributed by atoms with van der Waals surface area (Å²) in [5.41, 5.74) is 1.73. The van der Waals surface area contributed by atoms with Crippen LogP contribution in [0.1, 0.15) is 35.2 Å². The SMILES string of the molecule is CN1CCCCC1CNC(=O)c1ccc(CCl)cc1. The van der Waals surface area contributed by atoms with Gasteiger partial charge < -0.3 is 10.2 Å². The van der Waals surface area contributed by atoms with Crippen LogP contribution in [0.5, 0.6) is 0 Å². The number of halogens is 1. The Kier molecular flexibility index (Phi) is 5.23. The van der Waals surface area contributed by atoms with Gasteiger partial charge in [-0.05, 0) is 44.1 Å². The van der Waals surface area contributed by atoms with Gasteiger partial charge in [0.25, 0.3) is 5.91 Å². The van der Waals surface area contributed by atoms with Crippen molar-refractivity contribution in [3.05, 3.63) is 35.4 Å². The summed E-state index contributed by atoms with van der Waals surface area (Å²) in [5.74, 6) is 0.481. The van der Waals surface area contributed by atoms with E-state index in [4.69, 9.17) is 11.6 Å². The Morgan fingerprint density at radius 2 is 2.11 bits per heavy atom. The molecule has 3 nitrogen and oxygen atoms in total. The number of hydrogen-bond donors (Lipinski definition) is 1. The van der Waals surface area contributed by atoms with Crippen LogP contribution in [0.15, 0.2) is 24.3 Å². The molecule has 1 aliphatic rings. The van der Waals surface area contributed by atoms with Crippen molar-refractivity contribution in [1.82, 2.24) is 10.2 Å². The van der Waals surface area contributed by atoms with Crippen molar-refractivity contribution < 1.29 is 4.79 Å². The summed E-state index contributed by atoms with van der Waals surface area (Å²) in [6.07, 6.45) is 3.69. The molecule has 1 aliphatic heterocycles. The number of carbonyl (C=O) groups is 1. The van der Waals surface area contributed by atoms with Crippen molar-refractivity contribution >= 4 is 17.5 Å². The fourth-order valence-electron chi connectivity index (χ4n) is 2.46. The second kappa shape index (κ2) is 6.92. The molecule has 0 radical (unpaired) electrons. The van der Waals surface area contributed by atoms with Gasteiger partial charge in [-0.25, -0.2) is 0 Å². The van der Waals surface area contributed by atoms with E-state index >= 15 is 0 Å². The molecule has 1 amide bonds. The number of hydrogen-bond acceptors (Lipinski definition) is 2. The van der Waals surface area contributed by atoms with E-state index in [9.17, 15) is 4.79 Å². The average molecular weight is 281 g/mol. The van der Waals surface area contributed by atoms with Gasteiger partial charge in [0.2, 0.25) is 0 Å². The van der Waals surface area contributed by atoms with Crippen LogP contribution in [-0.2, 0) is 5.88 Å². The number of piperidine rings is 1. The molecule has 2 rings (SSSR count). The van der Waals surface area contributed by atoms with Crippen molar-refractivity contribution in [2.24, 2.45) is 0 Å². The molecule has 0 aromatic heterocycles. The normalized spacial score (nSPS) is 20.2. The monoisotopic (exact) mass is 280 g/mol. The molecule has 1 aromatic carbocycles. The molecule has 1 aromatic rings. The van der Waals surface area contributed by atoms with E-state index < -0.39 is 0 Å². The molecule has 1 fully saturated rings. The highest BCUT2D eigenvalue weighted by Crippen LogP contribution is 2.14. The Balaban J connectivity index is 1.86. The molecule has 0 bridgehead atoms. The molecule has 1 unspecified atom stereocenters. The lowest BCUT2D eigenvalue weighted by Crippen LogP contribution is -2.44. The van der Waals surface area contributed by atoms with Crippen LogP contribution in [0.2, 0.25) is 0 Å². The second-order valence-electron chi connectivity index (χ2n) is 5.17. The summed E-state index contributed by atoms with van der Waals surface area (Å²) in [7, 11) is 2.13. The molecular formula is C15H21ClN2O. The highest BCUT2D eigenvalue weighted by atomic mass is 35.5. The maximum Gasteiger partial charge on any atom is 0.251 e. The van der Waals surface area contributed by atoms with Gasteiger partial charge in [-0.1, -0.05) is 18.6 Å². The second-order valence-corrected chi connectivity index (χ2v) is 5.44. The highest BCUT2D eigenvalue weighted by Gasteiger charge is 2.19. The fourth-order valence-corrected chi connectivity index (χ4v) is 2.64. The third-order valence-electron chi connectivity index (χ3n) is 3.79. The predicted molar refractivity (Wildman–Crippen MR) is 78.6 cm³/mol. The van der Waals surface area contributed by atoms with E-state index in [0.717, 1.165) is 18.7 Å². The Hall–Kier alpha value is -1.06. The molecule has 4 heteroatoms. The number of benzene rings is 1. The number of nitrogens with one attached hydrogen (secondary N) is 1. The number of amides is 1. The molecule has 1 atom stereocenters. The molecule has 0 saturated carbocycles. The van der Waals surface area contributed by atoms with Crippen LogP contribution in [0.25, 0.3) is 0 Å². The van der Waals surface area contributed by atoms with Gasteiger partial charge in [0.05, 0.1) is 0 Å². The van der Waals surface area contributed by atoms with Gasteiger partial charge in [-0.3, -0.25) is 4.79 Å². The summed E-state index contributed by atoms with van der Waals surface area (Å²) >= 11 is 5.73. The standard InChI is InChI=1S/C15H21ClN2O/c1-18-9-3-2-4-14(18)11-17-15(19)13-7-5-12(10-16)6-8-13/h5-8,14H,2-4,9-11H2,1H3,(H,17,19). The van der Waals surface area contributed by atoms with E-state index in [1.807, 2.05) is 24.3 Å². The zero-order chi connectivity index (χ0) is 13.7. The summed E-state index contributed by atoms with van der Waals surface area (Å²) in [4.78, 5) is 14.4. The number of rotatable bonds is 4. The highest BCUT2D eigenvalue weighted by molar-refractivity contribution is 6.17. The lowest BCUT2D eigenvalue weighted by atomic mass is 10.0. The summed E-state index contributed by atoms with van der Waals surface area (Å²) < 4.78 is 0. The smallest absolute Gasteiger partial charge is 0.251 e. The van der Waals surface area contributed by atoms with Gasteiger partial charge in [0.15, 0.2) is 0 Å². The first-order valence-corrected chi connectivity index (χ1v) is 7.37. The summed E-state index contributed by atoms with van der Waals surface area (Å²) in [6.45, 7) is 1.86. The first-order chi connectivity index (χ1) is 9.20. The molecule has 104 valence electrons. The third-order valence-corrected chi connectivity index (χ3v) is 4.10. The number of likely N-dealkylation sites (tertiary alicyclic amines) is 1. The first kappa shape index (κ1) is 14.4. The Morgan fingerprint density at radius 1 is 1.37 bits per heavy atom. The topological polar surface area (TPSA) is 32.3 Å². The first-order valence-electron chi connectivity index (χ1n) is 6.84. The summed E-state index contributed by atoms with van der Waals surface area (Å²) in [5, 5.41) is 3.02. The quantitative estimate of drug-likeness (QED) is 0.860. The lowest BCUT2D eigenvalue weighted by Gasteiger charge is -2.32. The van der Waals surface area contributed by atoms with Crippen molar-refractivity contribution in [3.63, 3.8) is 0 Å². The predicted octanol–water partition coefficient (Wildman–Crippen LogP) is 2.64. The van der Waals surface area contributed by atoms with Gasteiger partial charge in [-0.2, -0.15) is 0 Å². The molecule has 1 heterocycles. The van der Waals surface area contributed by atoms with Crippen molar-refractivity contribution in [1.29, 1.82) is 0 Å². The molecular weight excluding hydrogens is 260 g/mol. The molecule has 1 N–H and O–H groups in total. The maximum absolute atomic E-state index is 12.0. The molecule has 0 aliphatic carbocycles. The van der Waals surface area contributed by atoms with E-state index in [2.05, 4.69) is 17.3 Å². The average Bonchev–Trinajstić information content (AvgIpc) is 2.46. The number of nitrogens with zero attached hydrogens (tertiary/aromatic N) is 1. The Morgan fingerprint density at radius 3 is 2.74 bits per heavy atom. The van der Waals surface area contributed by atoms with E-state index in [-0.39, 0.29) is 5.91 Å². The Bertz CT molecular complexity index is 419. The van der Waals surface area contributed by atoms with Gasteiger partial charge in [-0.15, -0.1) is 11.6 Å². The third kappa shape index (κ3) is 3.95. The van der Waals surface area contributed by atoms with E-state index in [0.29, 0.717) is 17.5 Å². The molecule has 1 saturated heterocycles. The van der Waals surface area contributed by atoms with Crippen LogP contribution >= 0.6 is 11.6 Å². The van der Waals surface area contributed by atoms with Crippen molar-refractivity contribution in [2.45, 2.75) is 31.2 Å². The number of carbonyl (C=O) groups excluding carboxylic acids is 1. The minimum Gasteiger partial charge on any atom is -0.350 e. The molecule has 0 spiro atoms. The summed E-state index contributed by atoms with van der Waals surface area (Å²) in [6, 6.07) is 7.93. The van der Waals surface area contributed by atoms with Crippen LogP contribution < -0.4 is 5.32 Å². The van der Waals surface area contributed by atoms with Crippen molar-refractivity contribution in [3.8, 4) is 0 Å². The fraction of sp³-hybridized carbons (Fsp3) is 0.533. The van der Waals surface area contributed by atoms with E-state index in [1.54, 1.807) is 0 Å². The van der Waals surface area contributed by atoms with Gasteiger partial charge in [0.1, 0.15) is 0 Å². The zero-order valence-electron chi connectivity index (χ0n) is 11.4. The van der Waals surface area contributed by atoms with Crippen LogP contribution in [0.4, 0.5) is 0 Å². The molecule has 19 heavy (non-hydrogen) atoms. The minimum atomic E-state index is 0.0000888. The van der Waals surface area contributed by atoms with Crippen LogP contribution in [-0.4, -0.2) is 37.0 Å². The minimum absolute atomic E-state index is 0.0000888. The zero-order valence-corrected chi connectivity index (χ0v) is 12.1. The number of alkyl halides is 1.